The first-order valence-corrected chi connectivity index (χ1v) is 19.2. The lowest BCUT2D eigenvalue weighted by atomic mass is 9.97. The van der Waals surface area contributed by atoms with Crippen LogP contribution in [-0.4, -0.2) is 88.9 Å². The van der Waals surface area contributed by atoms with Gasteiger partial charge in [0.25, 0.3) is 0 Å². The Bertz CT molecular complexity index is 1370. The second-order valence-corrected chi connectivity index (χ2v) is 16.7. The van der Waals surface area contributed by atoms with E-state index in [9.17, 15) is 28.8 Å². The van der Waals surface area contributed by atoms with Crippen molar-refractivity contribution in [3.05, 3.63) is 24.2 Å². The van der Waals surface area contributed by atoms with E-state index in [0.29, 0.717) is 11.5 Å². The number of nitrogens with one attached hydrogen (secondary N) is 7. The van der Waals surface area contributed by atoms with Gasteiger partial charge in [-0.25, -0.2) is 0 Å². The monoisotopic (exact) mass is 733 g/mol. The van der Waals surface area contributed by atoms with Crippen LogP contribution >= 0.6 is 11.8 Å². The number of furan rings is 1. The van der Waals surface area contributed by atoms with Crippen LogP contribution < -0.4 is 37.2 Å². The summed E-state index contributed by atoms with van der Waals surface area (Å²) in [7, 11) is 0. The van der Waals surface area contributed by atoms with Crippen LogP contribution in [0.1, 0.15) is 81.4 Å². The minimum Gasteiger partial charge on any atom is -0.469 e. The summed E-state index contributed by atoms with van der Waals surface area (Å²) in [6, 6.07) is -2.79. The molecule has 15 heteroatoms. The molecule has 286 valence electrons. The highest BCUT2D eigenvalue weighted by Gasteiger charge is 2.40. The van der Waals surface area contributed by atoms with E-state index in [1.165, 1.54) is 18.0 Å². The van der Waals surface area contributed by atoms with Crippen LogP contribution in [0.2, 0.25) is 0 Å². The van der Waals surface area contributed by atoms with Crippen LogP contribution in [0.15, 0.2) is 22.8 Å². The van der Waals surface area contributed by atoms with E-state index in [1.807, 2.05) is 41.5 Å². The molecule has 2 bridgehead atoms. The molecule has 1 unspecified atom stereocenters. The first-order chi connectivity index (χ1) is 23.9. The van der Waals surface area contributed by atoms with E-state index < -0.39 is 65.9 Å². The molecule has 51 heavy (non-hydrogen) atoms. The average molecular weight is 734 g/mol. The predicted octanol–water partition coefficient (Wildman–Crippen LogP) is 1.45. The minimum absolute atomic E-state index is 0.00686. The van der Waals surface area contributed by atoms with E-state index >= 15 is 0 Å². The molecular formula is C36H59N7O7S. The second-order valence-electron chi connectivity index (χ2n) is 15.5. The Kier molecular flexibility index (Phi) is 15.4. The molecule has 2 fully saturated rings. The highest BCUT2D eigenvalue weighted by molar-refractivity contribution is 8.00. The zero-order valence-corrected chi connectivity index (χ0v) is 32.4. The number of carbonyl (C=O) groups is 6. The van der Waals surface area contributed by atoms with Crippen molar-refractivity contribution < 1.29 is 33.2 Å². The van der Waals surface area contributed by atoms with Gasteiger partial charge in [0.1, 0.15) is 36.0 Å². The largest absolute Gasteiger partial charge is 0.469 e. The van der Waals surface area contributed by atoms with E-state index in [2.05, 4.69) is 37.2 Å². The maximum absolute atomic E-state index is 13.9. The molecular weight excluding hydrogens is 675 g/mol. The summed E-state index contributed by atoms with van der Waals surface area (Å²) in [6.45, 7) is 18.6. The first-order valence-electron chi connectivity index (χ1n) is 18.1. The fourth-order valence-corrected chi connectivity index (χ4v) is 7.63. The number of hydrogen-bond acceptors (Lipinski definition) is 9. The Balaban J connectivity index is 2.06. The third-order valence-corrected chi connectivity index (χ3v) is 10.5. The molecule has 0 spiro atoms. The van der Waals surface area contributed by atoms with Gasteiger partial charge in [-0.3, -0.25) is 34.1 Å². The standard InChI is InChI=1S/C36H59N7O7S/c1-17(2)14-23-31(45)40-27(19(5)6)34(48)42-28(20(7)8)35(49)43-29(21(9)10)36-39-25(16-51-36)32(46)41-26(18(3)4)33(47)38-24(30(44)37-23)15-22-12-11-13-50-22/h11-13,17-21,23-29,36,39H,14-16H2,1-10H3,(H,37,44)(H,38,47)(H,40,45)(H,41,46)(H,42,48)(H,43,49)/t23-,24+,25+,26-,27+,28-,29+,36?/m1/s1. The first kappa shape index (κ1) is 41.8. The second kappa shape index (κ2) is 18.8. The van der Waals surface area contributed by atoms with Crippen LogP contribution in [0.25, 0.3) is 0 Å². The van der Waals surface area contributed by atoms with E-state index in [0.717, 1.165) is 0 Å². The smallest absolute Gasteiger partial charge is 0.243 e. The molecule has 0 aliphatic carbocycles. The van der Waals surface area contributed by atoms with Gasteiger partial charge in [-0.15, -0.1) is 11.8 Å². The summed E-state index contributed by atoms with van der Waals surface area (Å²) in [5, 5.41) is 20.3. The molecule has 3 heterocycles. The van der Waals surface area contributed by atoms with Crippen molar-refractivity contribution in [3.63, 3.8) is 0 Å². The number of amides is 6. The molecule has 2 aliphatic heterocycles. The van der Waals surface area contributed by atoms with E-state index in [1.54, 1.807) is 39.8 Å². The molecule has 14 nitrogen and oxygen atoms in total. The number of fused-ring (bicyclic) bond motifs is 2. The van der Waals surface area contributed by atoms with Gasteiger partial charge < -0.3 is 36.3 Å². The molecule has 2 saturated heterocycles. The highest BCUT2D eigenvalue weighted by Crippen LogP contribution is 2.26. The van der Waals surface area contributed by atoms with Crippen molar-refractivity contribution in [1.29, 1.82) is 0 Å². The third kappa shape index (κ3) is 11.7. The summed E-state index contributed by atoms with van der Waals surface area (Å²) < 4.78 is 5.50. The molecule has 1 aromatic rings. The maximum Gasteiger partial charge on any atom is 0.243 e. The molecule has 8 atom stereocenters. The Hall–Kier alpha value is -3.59. The van der Waals surface area contributed by atoms with Gasteiger partial charge in [-0.2, -0.15) is 0 Å². The predicted molar refractivity (Wildman–Crippen MR) is 196 cm³/mol. The van der Waals surface area contributed by atoms with Gasteiger partial charge in [0.05, 0.1) is 23.7 Å². The molecule has 1 aromatic heterocycles. The highest BCUT2D eigenvalue weighted by atomic mass is 32.2. The summed E-state index contributed by atoms with van der Waals surface area (Å²) >= 11 is 1.49. The summed E-state index contributed by atoms with van der Waals surface area (Å²) in [5.74, 6) is -3.23. The number of carbonyl (C=O) groups excluding carboxylic acids is 6. The molecule has 3 rings (SSSR count). The van der Waals surface area contributed by atoms with Crippen molar-refractivity contribution in [2.75, 3.05) is 5.75 Å². The lowest BCUT2D eigenvalue weighted by molar-refractivity contribution is -0.136. The van der Waals surface area contributed by atoms with Crippen LogP contribution in [0.3, 0.4) is 0 Å². The fourth-order valence-electron chi connectivity index (χ4n) is 6.13. The van der Waals surface area contributed by atoms with Crippen molar-refractivity contribution in [3.8, 4) is 0 Å². The quantitative estimate of drug-likeness (QED) is 0.207. The molecule has 6 amide bonds. The Morgan fingerprint density at radius 3 is 1.63 bits per heavy atom. The Morgan fingerprint density at radius 2 is 1.12 bits per heavy atom. The fraction of sp³-hybridized carbons (Fsp3) is 0.722. The van der Waals surface area contributed by atoms with Gasteiger partial charge >= 0.3 is 0 Å². The lowest BCUT2D eigenvalue weighted by Crippen LogP contribution is -2.61. The molecule has 0 aromatic carbocycles. The van der Waals surface area contributed by atoms with Gasteiger partial charge in [-0.05, 0) is 48.1 Å². The van der Waals surface area contributed by atoms with Crippen LogP contribution in [-0.2, 0) is 35.2 Å². The van der Waals surface area contributed by atoms with Crippen molar-refractivity contribution in [1.82, 2.24) is 37.2 Å². The van der Waals surface area contributed by atoms with E-state index in [-0.39, 0.29) is 59.6 Å². The van der Waals surface area contributed by atoms with Crippen molar-refractivity contribution in [2.45, 2.75) is 130 Å². The van der Waals surface area contributed by atoms with Gasteiger partial charge in [0.15, 0.2) is 0 Å². The molecule has 0 saturated carbocycles. The zero-order chi connectivity index (χ0) is 38.2. The van der Waals surface area contributed by atoms with Crippen LogP contribution in [0.5, 0.6) is 0 Å². The average Bonchev–Trinajstić information content (AvgIpc) is 3.74. The Morgan fingerprint density at radius 1 is 0.627 bits per heavy atom. The normalized spacial score (nSPS) is 29.4. The topological polar surface area (TPSA) is 200 Å². The number of rotatable bonds is 8. The number of hydrogen-bond donors (Lipinski definition) is 7. The summed E-state index contributed by atoms with van der Waals surface area (Å²) in [6.07, 6.45) is 1.70. The minimum atomic E-state index is -1.15. The lowest BCUT2D eigenvalue weighted by Gasteiger charge is -2.32. The summed E-state index contributed by atoms with van der Waals surface area (Å²) in [4.78, 5) is 82.8. The van der Waals surface area contributed by atoms with Crippen LogP contribution in [0, 0.1) is 29.6 Å². The van der Waals surface area contributed by atoms with Crippen molar-refractivity contribution >= 4 is 47.2 Å². The van der Waals surface area contributed by atoms with Gasteiger partial charge in [0, 0.05) is 12.2 Å². The van der Waals surface area contributed by atoms with Gasteiger partial charge in [-0.1, -0.05) is 69.2 Å². The van der Waals surface area contributed by atoms with E-state index in [4.69, 9.17) is 4.42 Å². The van der Waals surface area contributed by atoms with Crippen molar-refractivity contribution in [2.24, 2.45) is 29.6 Å². The number of thioether (sulfide) groups is 1. The molecule has 0 radical (unpaired) electrons. The third-order valence-electron chi connectivity index (χ3n) is 9.18. The maximum atomic E-state index is 13.9. The van der Waals surface area contributed by atoms with Gasteiger partial charge in [0.2, 0.25) is 35.4 Å². The van der Waals surface area contributed by atoms with Crippen LogP contribution in [0.4, 0.5) is 0 Å². The SMILES string of the molecule is CC(C)C[C@H]1NC(=O)[C@H](Cc2ccco2)NC(=O)[C@@H](C(C)C)NC(=O)[C@@H]2CSC(N2)[C@H](C(C)C)NC(=O)[C@@H](C(C)C)NC(=O)[C@H](C(C)C)NC1=O. The molecule has 2 aliphatic rings. The molecule has 7 N–H and O–H groups in total. The zero-order valence-electron chi connectivity index (χ0n) is 31.6. The summed E-state index contributed by atoms with van der Waals surface area (Å²) in [5.41, 5.74) is 0. The Labute approximate surface area is 306 Å².